The summed E-state index contributed by atoms with van der Waals surface area (Å²) in [5.74, 6) is -2.70. The van der Waals surface area contributed by atoms with Crippen molar-refractivity contribution in [2.75, 3.05) is 10.6 Å². The van der Waals surface area contributed by atoms with Crippen molar-refractivity contribution >= 4 is 34.6 Å². The molecule has 0 aliphatic heterocycles. The lowest BCUT2D eigenvalue weighted by Crippen LogP contribution is -2.12. The molecular formula is C18H11ClF3N3O. The molecule has 2 N–H and O–H groups in total. The molecule has 1 amide bonds. The van der Waals surface area contributed by atoms with Crippen LogP contribution in [0.2, 0.25) is 5.02 Å². The third-order valence-corrected chi connectivity index (χ3v) is 3.70. The van der Waals surface area contributed by atoms with Gasteiger partial charge in [-0.2, -0.15) is 0 Å². The smallest absolute Gasteiger partial charge is 0.257 e. The predicted molar refractivity (Wildman–Crippen MR) is 93.2 cm³/mol. The second-order valence-corrected chi connectivity index (χ2v) is 5.67. The molecule has 0 spiro atoms. The average molecular weight is 378 g/mol. The molecule has 1 aromatic heterocycles. The van der Waals surface area contributed by atoms with Crippen molar-refractivity contribution in [2.24, 2.45) is 0 Å². The summed E-state index contributed by atoms with van der Waals surface area (Å²) in [6.07, 6.45) is 2.60. The van der Waals surface area contributed by atoms with E-state index in [4.69, 9.17) is 11.6 Å². The summed E-state index contributed by atoms with van der Waals surface area (Å²) in [4.78, 5) is 16.2. The molecule has 2 aromatic carbocycles. The third-order valence-electron chi connectivity index (χ3n) is 3.41. The van der Waals surface area contributed by atoms with E-state index in [1.54, 1.807) is 0 Å². The molecule has 0 unspecified atom stereocenters. The van der Waals surface area contributed by atoms with Crippen LogP contribution in [0.3, 0.4) is 0 Å². The molecule has 26 heavy (non-hydrogen) atoms. The monoisotopic (exact) mass is 377 g/mol. The molecule has 0 atom stereocenters. The number of rotatable bonds is 4. The highest BCUT2D eigenvalue weighted by atomic mass is 35.5. The number of amides is 1. The zero-order chi connectivity index (χ0) is 18.7. The van der Waals surface area contributed by atoms with Gasteiger partial charge in [0.2, 0.25) is 0 Å². The van der Waals surface area contributed by atoms with Crippen LogP contribution in [0.5, 0.6) is 0 Å². The van der Waals surface area contributed by atoms with Gasteiger partial charge in [-0.05, 0) is 36.4 Å². The maximum absolute atomic E-state index is 13.7. The van der Waals surface area contributed by atoms with E-state index in [0.717, 1.165) is 18.2 Å². The molecule has 0 fully saturated rings. The van der Waals surface area contributed by atoms with Gasteiger partial charge in [0.25, 0.3) is 5.91 Å². The predicted octanol–water partition coefficient (Wildman–Crippen LogP) is 5.15. The standard InChI is InChI=1S/C18H11ClF3N3O/c19-13-7-11(4-5-14(13)20)25-18(26)10-6-12(9-23-8-10)24-17-15(21)2-1-3-16(17)22/h1-9,24H,(H,25,26). The largest absolute Gasteiger partial charge is 0.349 e. The van der Waals surface area contributed by atoms with E-state index in [1.165, 1.54) is 36.7 Å². The lowest BCUT2D eigenvalue weighted by molar-refractivity contribution is 0.102. The van der Waals surface area contributed by atoms with Gasteiger partial charge in [-0.1, -0.05) is 17.7 Å². The maximum atomic E-state index is 13.7. The normalized spacial score (nSPS) is 10.5. The van der Waals surface area contributed by atoms with Crippen molar-refractivity contribution in [1.82, 2.24) is 4.98 Å². The highest BCUT2D eigenvalue weighted by Gasteiger charge is 2.12. The summed E-state index contributed by atoms with van der Waals surface area (Å²) >= 11 is 5.67. The molecule has 1 heterocycles. The van der Waals surface area contributed by atoms with Crippen molar-refractivity contribution in [1.29, 1.82) is 0 Å². The zero-order valence-corrected chi connectivity index (χ0v) is 13.8. The van der Waals surface area contributed by atoms with E-state index in [2.05, 4.69) is 15.6 Å². The number of aromatic nitrogens is 1. The fourth-order valence-corrected chi connectivity index (χ4v) is 2.35. The second-order valence-electron chi connectivity index (χ2n) is 5.27. The van der Waals surface area contributed by atoms with Crippen LogP contribution in [0.25, 0.3) is 0 Å². The SMILES string of the molecule is O=C(Nc1ccc(F)c(Cl)c1)c1cncc(Nc2c(F)cccc2F)c1. The summed E-state index contributed by atoms with van der Waals surface area (Å²) in [6.45, 7) is 0. The molecule has 0 saturated heterocycles. The van der Waals surface area contributed by atoms with E-state index < -0.39 is 23.4 Å². The maximum Gasteiger partial charge on any atom is 0.257 e. The Balaban J connectivity index is 1.80. The quantitative estimate of drug-likeness (QED) is 0.661. The minimum absolute atomic E-state index is 0.132. The molecule has 4 nitrogen and oxygen atoms in total. The summed E-state index contributed by atoms with van der Waals surface area (Å²) in [7, 11) is 0. The molecule has 3 rings (SSSR count). The van der Waals surface area contributed by atoms with Gasteiger partial charge in [0, 0.05) is 11.9 Å². The number of halogens is 4. The van der Waals surface area contributed by atoms with Gasteiger partial charge < -0.3 is 10.6 Å². The molecule has 0 aliphatic carbocycles. The van der Waals surface area contributed by atoms with Crippen molar-refractivity contribution in [3.8, 4) is 0 Å². The van der Waals surface area contributed by atoms with Gasteiger partial charge in [-0.3, -0.25) is 9.78 Å². The Morgan fingerprint density at radius 1 is 0.923 bits per heavy atom. The van der Waals surface area contributed by atoms with E-state index in [0.29, 0.717) is 5.69 Å². The molecule has 0 bridgehead atoms. The van der Waals surface area contributed by atoms with Gasteiger partial charge in [0.1, 0.15) is 23.1 Å². The zero-order valence-electron chi connectivity index (χ0n) is 13.1. The summed E-state index contributed by atoms with van der Waals surface area (Å²) < 4.78 is 40.6. The molecule has 3 aromatic rings. The van der Waals surface area contributed by atoms with Gasteiger partial charge in [-0.25, -0.2) is 13.2 Å². The third kappa shape index (κ3) is 3.94. The lowest BCUT2D eigenvalue weighted by Gasteiger charge is -2.10. The van der Waals surface area contributed by atoms with Crippen LogP contribution in [-0.2, 0) is 0 Å². The number of hydrogen-bond donors (Lipinski definition) is 2. The molecule has 8 heteroatoms. The number of para-hydroxylation sites is 1. The Kier molecular flexibility index (Phi) is 5.09. The Bertz CT molecular complexity index is 961. The van der Waals surface area contributed by atoms with Gasteiger partial charge in [0.15, 0.2) is 0 Å². The van der Waals surface area contributed by atoms with Crippen molar-refractivity contribution in [3.63, 3.8) is 0 Å². The number of nitrogens with one attached hydrogen (secondary N) is 2. The Hall–Kier alpha value is -3.06. The van der Waals surface area contributed by atoms with Crippen LogP contribution in [0.1, 0.15) is 10.4 Å². The van der Waals surface area contributed by atoms with Crippen molar-refractivity contribution in [3.05, 3.63) is 82.9 Å². The van der Waals surface area contributed by atoms with Crippen LogP contribution >= 0.6 is 11.6 Å². The van der Waals surface area contributed by atoms with E-state index in [1.807, 2.05) is 0 Å². The number of pyridine rings is 1. The Labute approximate surface area is 151 Å². The number of nitrogens with zero attached hydrogens (tertiary/aromatic N) is 1. The molecule has 0 radical (unpaired) electrons. The van der Waals surface area contributed by atoms with Gasteiger partial charge in [-0.15, -0.1) is 0 Å². The number of benzene rings is 2. The van der Waals surface area contributed by atoms with Gasteiger partial charge in [0.05, 0.1) is 22.5 Å². The first-order chi connectivity index (χ1) is 12.4. The van der Waals surface area contributed by atoms with Crippen molar-refractivity contribution in [2.45, 2.75) is 0 Å². The number of carbonyl (C=O) groups is 1. The van der Waals surface area contributed by atoms with Crippen LogP contribution in [-0.4, -0.2) is 10.9 Å². The fraction of sp³-hybridized carbons (Fsp3) is 0. The van der Waals surface area contributed by atoms with Crippen LogP contribution in [0.15, 0.2) is 54.9 Å². The van der Waals surface area contributed by atoms with Crippen molar-refractivity contribution < 1.29 is 18.0 Å². The number of anilines is 3. The first-order valence-electron chi connectivity index (χ1n) is 7.36. The molecular weight excluding hydrogens is 367 g/mol. The number of hydrogen-bond acceptors (Lipinski definition) is 3. The van der Waals surface area contributed by atoms with Crippen LogP contribution in [0.4, 0.5) is 30.2 Å². The average Bonchev–Trinajstić information content (AvgIpc) is 2.62. The van der Waals surface area contributed by atoms with E-state index >= 15 is 0 Å². The Morgan fingerprint density at radius 3 is 2.35 bits per heavy atom. The first kappa shape index (κ1) is 17.8. The Morgan fingerprint density at radius 2 is 1.65 bits per heavy atom. The summed E-state index contributed by atoms with van der Waals surface area (Å²) in [5, 5.41) is 4.95. The molecule has 0 aliphatic rings. The molecule has 0 saturated carbocycles. The van der Waals surface area contributed by atoms with Crippen LogP contribution in [0, 0.1) is 17.5 Å². The lowest BCUT2D eigenvalue weighted by atomic mass is 10.2. The first-order valence-corrected chi connectivity index (χ1v) is 7.74. The van der Waals surface area contributed by atoms with E-state index in [-0.39, 0.29) is 22.0 Å². The highest BCUT2D eigenvalue weighted by Crippen LogP contribution is 2.24. The van der Waals surface area contributed by atoms with Crippen LogP contribution < -0.4 is 10.6 Å². The second kappa shape index (κ2) is 7.45. The minimum Gasteiger partial charge on any atom is -0.349 e. The highest BCUT2D eigenvalue weighted by molar-refractivity contribution is 6.31. The van der Waals surface area contributed by atoms with E-state index in [9.17, 15) is 18.0 Å². The summed E-state index contributed by atoms with van der Waals surface area (Å²) in [6, 6.07) is 8.56. The topological polar surface area (TPSA) is 54.0 Å². The minimum atomic E-state index is -0.777. The number of carbonyl (C=O) groups excluding carboxylic acids is 1. The van der Waals surface area contributed by atoms with Gasteiger partial charge >= 0.3 is 0 Å². The molecule has 132 valence electrons. The summed E-state index contributed by atoms with van der Waals surface area (Å²) in [5.41, 5.74) is 0.295. The fourth-order valence-electron chi connectivity index (χ4n) is 2.17.